The summed E-state index contributed by atoms with van der Waals surface area (Å²) in [6.07, 6.45) is 0.450. The quantitative estimate of drug-likeness (QED) is 0.840. The van der Waals surface area contributed by atoms with Crippen molar-refractivity contribution in [1.82, 2.24) is 0 Å². The Morgan fingerprint density at radius 3 is 2.94 bits per heavy atom. The van der Waals surface area contributed by atoms with E-state index in [1.54, 1.807) is 0 Å². The van der Waals surface area contributed by atoms with Gasteiger partial charge in [0.1, 0.15) is 17.1 Å². The molecule has 0 saturated carbocycles. The SMILES string of the molecule is COc1cc(F)cc(NC(=O)C2(N)CCOC2)c1. The fraction of sp³-hybridized carbons (Fsp3) is 0.417. The van der Waals surface area contributed by atoms with Gasteiger partial charge in [0.15, 0.2) is 0 Å². The molecule has 1 heterocycles. The Morgan fingerprint density at radius 2 is 2.33 bits per heavy atom. The van der Waals surface area contributed by atoms with Crippen LogP contribution in [0.4, 0.5) is 10.1 Å². The Kier molecular flexibility index (Phi) is 3.49. The second-order valence-corrected chi connectivity index (χ2v) is 4.29. The van der Waals surface area contributed by atoms with Gasteiger partial charge in [-0.1, -0.05) is 0 Å². The predicted octanol–water partition coefficient (Wildman–Crippen LogP) is 0.891. The highest BCUT2D eigenvalue weighted by atomic mass is 19.1. The number of nitrogens with one attached hydrogen (secondary N) is 1. The molecule has 18 heavy (non-hydrogen) atoms. The molecule has 0 radical (unpaired) electrons. The summed E-state index contributed by atoms with van der Waals surface area (Å²) in [6, 6.07) is 3.96. The molecule has 0 spiro atoms. The van der Waals surface area contributed by atoms with Crippen LogP contribution >= 0.6 is 0 Å². The minimum atomic E-state index is -1.04. The Bertz CT molecular complexity index is 459. The van der Waals surface area contributed by atoms with Gasteiger partial charge in [-0.3, -0.25) is 4.79 Å². The van der Waals surface area contributed by atoms with Crippen LogP contribution < -0.4 is 15.8 Å². The van der Waals surface area contributed by atoms with E-state index in [-0.39, 0.29) is 12.5 Å². The summed E-state index contributed by atoms with van der Waals surface area (Å²) in [5.74, 6) is -0.537. The van der Waals surface area contributed by atoms with Crippen LogP contribution in [0.3, 0.4) is 0 Å². The standard InChI is InChI=1S/C12H15FN2O3/c1-17-10-5-8(13)4-9(6-10)15-11(16)12(14)2-3-18-7-12/h4-6H,2-3,7,14H2,1H3,(H,15,16). The van der Waals surface area contributed by atoms with E-state index < -0.39 is 11.4 Å². The first-order valence-corrected chi connectivity index (χ1v) is 5.56. The van der Waals surface area contributed by atoms with E-state index in [0.717, 1.165) is 0 Å². The maximum absolute atomic E-state index is 13.3. The van der Waals surface area contributed by atoms with Crippen molar-refractivity contribution < 1.29 is 18.7 Å². The highest BCUT2D eigenvalue weighted by molar-refractivity contribution is 5.98. The van der Waals surface area contributed by atoms with Crippen LogP contribution in [-0.2, 0) is 9.53 Å². The Hall–Kier alpha value is -1.66. The fourth-order valence-corrected chi connectivity index (χ4v) is 1.77. The number of anilines is 1. The zero-order valence-corrected chi connectivity index (χ0v) is 10.0. The van der Waals surface area contributed by atoms with Crippen LogP contribution in [0.25, 0.3) is 0 Å². The molecule has 3 N–H and O–H groups in total. The molecule has 1 amide bonds. The van der Waals surface area contributed by atoms with Gasteiger partial charge >= 0.3 is 0 Å². The van der Waals surface area contributed by atoms with Gasteiger partial charge in [-0.05, 0) is 12.5 Å². The molecular weight excluding hydrogens is 239 g/mol. The molecule has 0 aromatic heterocycles. The molecule has 1 aromatic carbocycles. The van der Waals surface area contributed by atoms with Gasteiger partial charge in [-0.15, -0.1) is 0 Å². The predicted molar refractivity (Wildman–Crippen MR) is 63.9 cm³/mol. The molecule has 1 aliphatic rings. The molecule has 0 bridgehead atoms. The van der Waals surface area contributed by atoms with Crippen molar-refractivity contribution in [3.8, 4) is 5.75 Å². The first-order chi connectivity index (χ1) is 8.53. The summed E-state index contributed by atoms with van der Waals surface area (Å²) in [5.41, 5.74) is 5.17. The highest BCUT2D eigenvalue weighted by Gasteiger charge is 2.38. The number of nitrogens with two attached hydrogens (primary N) is 1. The number of hydrogen-bond donors (Lipinski definition) is 2. The Balaban J connectivity index is 2.13. The van der Waals surface area contributed by atoms with E-state index >= 15 is 0 Å². The van der Waals surface area contributed by atoms with E-state index in [9.17, 15) is 9.18 Å². The van der Waals surface area contributed by atoms with Gasteiger partial charge in [0.2, 0.25) is 5.91 Å². The lowest BCUT2D eigenvalue weighted by atomic mass is 9.99. The largest absolute Gasteiger partial charge is 0.497 e. The molecule has 1 aromatic rings. The molecule has 6 heteroatoms. The number of methoxy groups -OCH3 is 1. The third-order valence-corrected chi connectivity index (χ3v) is 2.87. The van der Waals surface area contributed by atoms with Gasteiger partial charge in [-0.2, -0.15) is 0 Å². The summed E-state index contributed by atoms with van der Waals surface area (Å²) in [5, 5.41) is 2.58. The van der Waals surface area contributed by atoms with Crippen molar-refractivity contribution in [3.05, 3.63) is 24.0 Å². The van der Waals surface area contributed by atoms with E-state index in [2.05, 4.69) is 5.32 Å². The van der Waals surface area contributed by atoms with Crippen LogP contribution in [0.15, 0.2) is 18.2 Å². The van der Waals surface area contributed by atoms with E-state index in [0.29, 0.717) is 24.5 Å². The number of amides is 1. The third-order valence-electron chi connectivity index (χ3n) is 2.87. The van der Waals surface area contributed by atoms with E-state index in [4.69, 9.17) is 15.2 Å². The van der Waals surface area contributed by atoms with E-state index in [1.165, 1.54) is 25.3 Å². The summed E-state index contributed by atoms with van der Waals surface area (Å²) in [4.78, 5) is 12.0. The van der Waals surface area contributed by atoms with Crippen molar-refractivity contribution in [1.29, 1.82) is 0 Å². The minimum Gasteiger partial charge on any atom is -0.497 e. The van der Waals surface area contributed by atoms with Crippen molar-refractivity contribution in [2.75, 3.05) is 25.6 Å². The average molecular weight is 254 g/mol. The first kappa shape index (κ1) is 12.8. The Morgan fingerprint density at radius 1 is 1.56 bits per heavy atom. The molecule has 98 valence electrons. The van der Waals surface area contributed by atoms with Crippen LogP contribution in [0.1, 0.15) is 6.42 Å². The maximum atomic E-state index is 13.3. The number of hydrogen-bond acceptors (Lipinski definition) is 4. The van der Waals surface area contributed by atoms with Crippen molar-refractivity contribution in [2.45, 2.75) is 12.0 Å². The topological polar surface area (TPSA) is 73.6 Å². The third kappa shape index (κ3) is 2.60. The zero-order valence-electron chi connectivity index (χ0n) is 10.0. The van der Waals surface area contributed by atoms with Crippen LogP contribution in [0.5, 0.6) is 5.75 Å². The number of rotatable bonds is 3. The van der Waals surface area contributed by atoms with Gasteiger partial charge in [0.05, 0.1) is 13.7 Å². The second-order valence-electron chi connectivity index (χ2n) is 4.29. The van der Waals surface area contributed by atoms with Gasteiger partial charge in [0.25, 0.3) is 0 Å². The molecule has 1 fully saturated rings. The van der Waals surface area contributed by atoms with E-state index in [1.807, 2.05) is 0 Å². The van der Waals surface area contributed by atoms with Crippen molar-refractivity contribution >= 4 is 11.6 Å². The summed E-state index contributed by atoms with van der Waals surface area (Å²) < 4.78 is 23.3. The van der Waals surface area contributed by atoms with Gasteiger partial charge in [-0.25, -0.2) is 4.39 Å². The van der Waals surface area contributed by atoms with Crippen molar-refractivity contribution in [2.24, 2.45) is 5.73 Å². The monoisotopic (exact) mass is 254 g/mol. The molecule has 0 aliphatic carbocycles. The van der Waals surface area contributed by atoms with Gasteiger partial charge in [0, 0.05) is 24.4 Å². The van der Waals surface area contributed by atoms with Crippen LogP contribution in [-0.4, -0.2) is 31.8 Å². The number of ether oxygens (including phenoxy) is 2. The van der Waals surface area contributed by atoms with Crippen molar-refractivity contribution in [3.63, 3.8) is 0 Å². The highest BCUT2D eigenvalue weighted by Crippen LogP contribution is 2.22. The number of carbonyl (C=O) groups is 1. The van der Waals surface area contributed by atoms with Gasteiger partial charge < -0.3 is 20.5 Å². The maximum Gasteiger partial charge on any atom is 0.246 e. The molecular formula is C12H15FN2O3. The first-order valence-electron chi connectivity index (χ1n) is 5.56. The average Bonchev–Trinajstić information content (AvgIpc) is 2.76. The zero-order chi connectivity index (χ0) is 13.2. The lowest BCUT2D eigenvalue weighted by Gasteiger charge is -2.20. The normalized spacial score (nSPS) is 22.8. The molecule has 1 atom stereocenters. The molecule has 2 rings (SSSR count). The molecule has 1 saturated heterocycles. The smallest absolute Gasteiger partial charge is 0.246 e. The summed E-state index contributed by atoms with van der Waals surface area (Å²) >= 11 is 0. The molecule has 1 unspecified atom stereocenters. The number of carbonyl (C=O) groups excluding carboxylic acids is 1. The number of halogens is 1. The lowest BCUT2D eigenvalue weighted by molar-refractivity contribution is -0.121. The Labute approximate surface area is 104 Å². The number of benzene rings is 1. The summed E-state index contributed by atoms with van der Waals surface area (Å²) in [7, 11) is 1.43. The molecule has 5 nitrogen and oxygen atoms in total. The second kappa shape index (κ2) is 4.91. The molecule has 1 aliphatic heterocycles. The van der Waals surface area contributed by atoms with Crippen LogP contribution in [0.2, 0.25) is 0 Å². The van der Waals surface area contributed by atoms with Crippen LogP contribution in [0, 0.1) is 5.82 Å². The summed E-state index contributed by atoms with van der Waals surface area (Å²) in [6.45, 7) is 0.627. The fourth-order valence-electron chi connectivity index (χ4n) is 1.77. The minimum absolute atomic E-state index is 0.172. The lowest BCUT2D eigenvalue weighted by Crippen LogP contribution is -2.51.